The van der Waals surface area contributed by atoms with Crippen LogP contribution in [-0.4, -0.2) is 14.5 Å². The average molecular weight is 345 g/mol. The van der Waals surface area contributed by atoms with Crippen LogP contribution >= 0.6 is 22.9 Å². The topological polar surface area (TPSA) is 72.2 Å². The first kappa shape index (κ1) is 16.3. The second kappa shape index (κ2) is 6.36. The largest absolute Gasteiger partial charge is 0.399 e. The zero-order valence-corrected chi connectivity index (χ0v) is 14.1. The Morgan fingerprint density at radius 1 is 1.33 bits per heavy atom. The van der Waals surface area contributed by atoms with Gasteiger partial charge < -0.3 is 5.73 Å². The molecule has 0 radical (unpaired) electrons. The van der Waals surface area contributed by atoms with Gasteiger partial charge >= 0.3 is 0 Å². The Hall–Kier alpha value is -1.08. The number of benzene rings is 1. The van der Waals surface area contributed by atoms with E-state index in [1.165, 1.54) is 23.1 Å². The van der Waals surface area contributed by atoms with Gasteiger partial charge in [-0.2, -0.15) is 0 Å². The van der Waals surface area contributed by atoms with Crippen molar-refractivity contribution < 1.29 is 8.42 Å². The summed E-state index contributed by atoms with van der Waals surface area (Å²) >= 11 is 7.63. The summed E-state index contributed by atoms with van der Waals surface area (Å²) in [5.74, 6) is 0. The fourth-order valence-corrected chi connectivity index (χ4v) is 4.82. The van der Waals surface area contributed by atoms with Crippen LogP contribution < -0.4 is 10.5 Å². The second-order valence-corrected chi connectivity index (χ2v) is 8.39. The van der Waals surface area contributed by atoms with E-state index < -0.39 is 10.0 Å². The highest BCUT2D eigenvalue weighted by Gasteiger charge is 2.20. The quantitative estimate of drug-likeness (QED) is 0.818. The normalized spacial score (nSPS) is 13.3. The number of nitrogens with one attached hydrogen (secondary N) is 1. The fourth-order valence-electron chi connectivity index (χ4n) is 2.00. The summed E-state index contributed by atoms with van der Waals surface area (Å²) < 4.78 is 27.3. The summed E-state index contributed by atoms with van der Waals surface area (Å²) in [7, 11) is -3.65. The molecule has 21 heavy (non-hydrogen) atoms. The lowest BCUT2D eigenvalue weighted by Crippen LogP contribution is -2.34. The zero-order valence-electron chi connectivity index (χ0n) is 11.8. The van der Waals surface area contributed by atoms with Crippen molar-refractivity contribution >= 4 is 38.6 Å². The lowest BCUT2D eigenvalue weighted by Gasteiger charge is -2.14. The van der Waals surface area contributed by atoms with Gasteiger partial charge in [0, 0.05) is 21.5 Å². The van der Waals surface area contributed by atoms with Gasteiger partial charge in [-0.3, -0.25) is 0 Å². The number of hydrogen-bond acceptors (Lipinski definition) is 4. The summed E-state index contributed by atoms with van der Waals surface area (Å²) in [6.45, 7) is 3.86. The Kier molecular flexibility index (Phi) is 4.93. The number of nitrogens with two attached hydrogens (primary N) is 1. The van der Waals surface area contributed by atoms with Crippen LogP contribution in [0, 0.1) is 6.92 Å². The summed E-state index contributed by atoms with van der Waals surface area (Å²) in [6, 6.07) is 8.19. The lowest BCUT2D eigenvalue weighted by atomic mass is 10.2. The molecule has 0 aliphatic carbocycles. The number of hydrogen-bond donors (Lipinski definition) is 2. The van der Waals surface area contributed by atoms with Crippen LogP contribution in [0.2, 0.25) is 5.02 Å². The van der Waals surface area contributed by atoms with Crippen LogP contribution in [0.4, 0.5) is 5.69 Å². The van der Waals surface area contributed by atoms with Crippen LogP contribution in [0.5, 0.6) is 0 Å². The molecule has 2 aromatic rings. The second-order valence-electron chi connectivity index (χ2n) is 4.93. The first-order valence-electron chi connectivity index (χ1n) is 6.40. The van der Waals surface area contributed by atoms with Crippen molar-refractivity contribution in [3.8, 4) is 0 Å². The number of halogens is 1. The summed E-state index contributed by atoms with van der Waals surface area (Å²) in [5.41, 5.74) is 6.01. The third-order valence-corrected chi connectivity index (χ3v) is 6.00. The van der Waals surface area contributed by atoms with E-state index in [0.717, 1.165) is 4.88 Å². The standard InChI is InChI=1S/C14H17ClN2O2S2/c1-9(7-12-5-3-10(2)20-12)17-21(18,19)14-6-4-11(16)8-13(14)15/h3-6,8-9,17H,7,16H2,1-2H3. The SMILES string of the molecule is Cc1ccc(CC(C)NS(=O)(=O)c2ccc(N)cc2Cl)s1. The van der Waals surface area contributed by atoms with E-state index in [0.29, 0.717) is 12.1 Å². The molecule has 114 valence electrons. The van der Waals surface area contributed by atoms with Crippen molar-refractivity contribution in [3.05, 3.63) is 45.1 Å². The highest BCUT2D eigenvalue weighted by Crippen LogP contribution is 2.24. The molecule has 0 amide bonds. The predicted molar refractivity (Wildman–Crippen MR) is 88.4 cm³/mol. The molecule has 0 bridgehead atoms. The average Bonchev–Trinajstić information content (AvgIpc) is 2.72. The number of thiophene rings is 1. The third kappa shape index (κ3) is 4.20. The van der Waals surface area contributed by atoms with Crippen molar-refractivity contribution in [2.45, 2.75) is 31.2 Å². The van der Waals surface area contributed by atoms with E-state index in [1.807, 2.05) is 26.0 Å². The molecule has 0 spiro atoms. The number of sulfonamides is 1. The minimum Gasteiger partial charge on any atom is -0.399 e. The molecule has 7 heteroatoms. The fraction of sp³-hybridized carbons (Fsp3) is 0.286. The third-order valence-electron chi connectivity index (χ3n) is 2.91. The highest BCUT2D eigenvalue weighted by atomic mass is 35.5. The van der Waals surface area contributed by atoms with Crippen molar-refractivity contribution in [3.63, 3.8) is 0 Å². The maximum atomic E-state index is 12.3. The van der Waals surface area contributed by atoms with E-state index in [2.05, 4.69) is 4.72 Å². The molecule has 3 N–H and O–H groups in total. The first-order chi connectivity index (χ1) is 9.78. The van der Waals surface area contributed by atoms with Crippen LogP contribution in [0.3, 0.4) is 0 Å². The van der Waals surface area contributed by atoms with Crippen LogP contribution in [-0.2, 0) is 16.4 Å². The Labute approximate surface area is 134 Å². The van der Waals surface area contributed by atoms with Crippen LogP contribution in [0.15, 0.2) is 35.2 Å². The van der Waals surface area contributed by atoms with Gasteiger partial charge in [-0.1, -0.05) is 11.6 Å². The summed E-state index contributed by atoms with van der Waals surface area (Å²) in [6.07, 6.45) is 0.643. The number of nitrogen functional groups attached to an aromatic ring is 1. The molecular weight excluding hydrogens is 328 g/mol. The smallest absolute Gasteiger partial charge is 0.242 e. The van der Waals surface area contributed by atoms with Gasteiger partial charge in [0.2, 0.25) is 10.0 Å². The molecule has 0 saturated carbocycles. The number of aryl methyl sites for hydroxylation is 1. The van der Waals surface area contributed by atoms with Gasteiger partial charge in [-0.05, 0) is 50.6 Å². The predicted octanol–water partition coefficient (Wildman–Crippen LogP) is 3.20. The molecule has 2 rings (SSSR count). The van der Waals surface area contributed by atoms with E-state index in [-0.39, 0.29) is 16.0 Å². The highest BCUT2D eigenvalue weighted by molar-refractivity contribution is 7.89. The monoisotopic (exact) mass is 344 g/mol. The molecule has 0 fully saturated rings. The number of anilines is 1. The molecule has 1 unspecified atom stereocenters. The molecule has 1 aromatic carbocycles. The van der Waals surface area contributed by atoms with Crippen molar-refractivity contribution in [1.29, 1.82) is 0 Å². The molecular formula is C14H17ClN2O2S2. The van der Waals surface area contributed by atoms with Crippen LogP contribution in [0.25, 0.3) is 0 Å². The van der Waals surface area contributed by atoms with E-state index >= 15 is 0 Å². The zero-order chi connectivity index (χ0) is 15.6. The van der Waals surface area contributed by atoms with E-state index in [1.54, 1.807) is 11.3 Å². The van der Waals surface area contributed by atoms with Gasteiger partial charge in [0.1, 0.15) is 4.90 Å². The summed E-state index contributed by atoms with van der Waals surface area (Å²) in [4.78, 5) is 2.40. The Morgan fingerprint density at radius 3 is 2.62 bits per heavy atom. The van der Waals surface area contributed by atoms with Crippen LogP contribution in [0.1, 0.15) is 16.7 Å². The molecule has 1 aromatic heterocycles. The van der Waals surface area contributed by atoms with Crippen molar-refractivity contribution in [1.82, 2.24) is 4.72 Å². The molecule has 0 aliphatic heterocycles. The first-order valence-corrected chi connectivity index (χ1v) is 9.08. The number of rotatable bonds is 5. The molecule has 4 nitrogen and oxygen atoms in total. The van der Waals surface area contributed by atoms with Gasteiger partial charge in [0.25, 0.3) is 0 Å². The molecule has 0 aliphatic rings. The van der Waals surface area contributed by atoms with E-state index in [4.69, 9.17) is 17.3 Å². The Balaban J connectivity index is 2.13. The Bertz CT molecular complexity index is 741. The van der Waals surface area contributed by atoms with Gasteiger partial charge in [0.05, 0.1) is 5.02 Å². The van der Waals surface area contributed by atoms with Gasteiger partial charge in [-0.25, -0.2) is 13.1 Å². The minimum absolute atomic E-state index is 0.0487. The molecule has 0 saturated heterocycles. The lowest BCUT2D eigenvalue weighted by molar-refractivity contribution is 0.561. The maximum absolute atomic E-state index is 12.3. The summed E-state index contributed by atoms with van der Waals surface area (Å²) in [5, 5.41) is 0.127. The van der Waals surface area contributed by atoms with Gasteiger partial charge in [0.15, 0.2) is 0 Å². The van der Waals surface area contributed by atoms with Gasteiger partial charge in [-0.15, -0.1) is 11.3 Å². The Morgan fingerprint density at radius 2 is 2.05 bits per heavy atom. The van der Waals surface area contributed by atoms with Crippen molar-refractivity contribution in [2.75, 3.05) is 5.73 Å². The molecule has 1 atom stereocenters. The van der Waals surface area contributed by atoms with E-state index in [9.17, 15) is 8.42 Å². The maximum Gasteiger partial charge on any atom is 0.242 e. The minimum atomic E-state index is -3.65. The van der Waals surface area contributed by atoms with Crippen molar-refractivity contribution in [2.24, 2.45) is 0 Å². The molecule has 1 heterocycles.